The lowest BCUT2D eigenvalue weighted by molar-refractivity contribution is 0.567. The summed E-state index contributed by atoms with van der Waals surface area (Å²) in [5.41, 5.74) is 0. The summed E-state index contributed by atoms with van der Waals surface area (Å²) in [6.07, 6.45) is 6.14. The molecule has 1 aliphatic rings. The third-order valence-corrected chi connectivity index (χ3v) is 1.78. The normalized spacial score (nSPS) is 16.5. The van der Waals surface area contributed by atoms with E-state index in [0.29, 0.717) is 0 Å². The van der Waals surface area contributed by atoms with Crippen LogP contribution in [-0.4, -0.2) is 28.2 Å². The zero-order valence-corrected chi connectivity index (χ0v) is 7.00. The Morgan fingerprint density at radius 2 is 1.91 bits per heavy atom. The van der Waals surface area contributed by atoms with Crippen LogP contribution in [0.1, 0.15) is 12.8 Å². The van der Waals surface area contributed by atoms with E-state index >= 15 is 0 Å². The Morgan fingerprint density at radius 1 is 1.18 bits per heavy atom. The monoisotopic (exact) mass is 174 g/mol. The lowest BCUT2D eigenvalue weighted by Gasteiger charge is -2.14. The van der Waals surface area contributed by atoms with E-state index in [0.717, 1.165) is 13.1 Å². The van der Waals surface area contributed by atoms with Crippen molar-refractivity contribution in [2.24, 2.45) is 0 Å². The molecule has 0 atom stereocenters. The highest BCUT2D eigenvalue weighted by molar-refractivity contribution is 5.85. The summed E-state index contributed by atoms with van der Waals surface area (Å²) in [7, 11) is 0. The fraction of sp³-hybridized carbons (Fsp3) is 0.667. The third-order valence-electron chi connectivity index (χ3n) is 1.78. The quantitative estimate of drug-likeness (QED) is 0.620. The van der Waals surface area contributed by atoms with Crippen LogP contribution in [0.3, 0.4) is 0 Å². The first kappa shape index (κ1) is 8.33. The summed E-state index contributed by atoms with van der Waals surface area (Å²) in [5.74, 6) is 0. The van der Waals surface area contributed by atoms with E-state index in [-0.39, 0.29) is 12.4 Å². The molecule has 0 N–H and O–H groups in total. The van der Waals surface area contributed by atoms with Gasteiger partial charge in [-0.25, -0.2) is 0 Å². The fourth-order valence-electron chi connectivity index (χ4n) is 1.26. The second-order valence-electron chi connectivity index (χ2n) is 2.48. The fourth-order valence-corrected chi connectivity index (χ4v) is 1.26. The molecule has 0 spiro atoms. The Hall–Kier alpha value is -0.770. The maximum absolute atomic E-state index is 3.89. The maximum Gasteiger partial charge on any atom is 0.0715 e. The van der Waals surface area contributed by atoms with Gasteiger partial charge in [0.25, 0.3) is 0 Å². The van der Waals surface area contributed by atoms with Crippen molar-refractivity contribution in [2.75, 3.05) is 18.1 Å². The summed E-state index contributed by atoms with van der Waals surface area (Å²) in [4.78, 5) is 1.81. The van der Waals surface area contributed by atoms with Crippen LogP contribution in [0.2, 0.25) is 0 Å². The Kier molecular flexibility index (Phi) is 2.70. The van der Waals surface area contributed by atoms with E-state index in [1.54, 1.807) is 6.20 Å². The number of nitrogens with zero attached hydrogens (tertiary/aromatic N) is 4. The van der Waals surface area contributed by atoms with Gasteiger partial charge in [0.15, 0.2) is 0 Å². The van der Waals surface area contributed by atoms with E-state index in [4.69, 9.17) is 0 Å². The van der Waals surface area contributed by atoms with Gasteiger partial charge in [-0.3, -0.25) is 5.01 Å². The molecule has 1 aliphatic heterocycles. The summed E-state index contributed by atoms with van der Waals surface area (Å²) in [6.45, 7) is 2.23. The van der Waals surface area contributed by atoms with Crippen LogP contribution in [0.5, 0.6) is 0 Å². The van der Waals surface area contributed by atoms with E-state index in [1.165, 1.54) is 12.8 Å². The number of rotatable bonds is 1. The maximum atomic E-state index is 3.89. The van der Waals surface area contributed by atoms with Crippen molar-refractivity contribution in [3.05, 3.63) is 12.4 Å². The van der Waals surface area contributed by atoms with Gasteiger partial charge < -0.3 is 0 Å². The second-order valence-corrected chi connectivity index (χ2v) is 2.48. The topological polar surface area (TPSA) is 34.0 Å². The van der Waals surface area contributed by atoms with Crippen LogP contribution in [0.4, 0.5) is 0 Å². The Balaban J connectivity index is 0.000000605. The molecule has 0 saturated carbocycles. The molecular formula is C6H11ClN4. The zero-order valence-electron chi connectivity index (χ0n) is 6.18. The molecule has 0 aromatic carbocycles. The lowest BCUT2D eigenvalue weighted by Crippen LogP contribution is -2.31. The van der Waals surface area contributed by atoms with Gasteiger partial charge in [-0.1, -0.05) is 0 Å². The number of aromatic nitrogens is 3. The number of halogens is 1. The minimum atomic E-state index is 0. The van der Waals surface area contributed by atoms with Crippen molar-refractivity contribution in [2.45, 2.75) is 12.8 Å². The lowest BCUT2D eigenvalue weighted by atomic mass is 10.4. The first-order valence-corrected chi connectivity index (χ1v) is 3.58. The Labute approximate surface area is 71.6 Å². The highest BCUT2D eigenvalue weighted by Gasteiger charge is 2.11. The molecule has 0 bridgehead atoms. The van der Waals surface area contributed by atoms with Crippen LogP contribution in [0.15, 0.2) is 12.4 Å². The average Bonchev–Trinajstić information content (AvgIpc) is 2.59. The highest BCUT2D eigenvalue weighted by atomic mass is 35.5. The van der Waals surface area contributed by atoms with Crippen molar-refractivity contribution in [1.29, 1.82) is 0 Å². The molecule has 1 saturated heterocycles. The second kappa shape index (κ2) is 3.57. The molecule has 62 valence electrons. The van der Waals surface area contributed by atoms with Crippen LogP contribution < -0.4 is 5.01 Å². The van der Waals surface area contributed by atoms with Gasteiger partial charge in [0, 0.05) is 13.1 Å². The van der Waals surface area contributed by atoms with Gasteiger partial charge in [-0.15, -0.1) is 17.5 Å². The van der Waals surface area contributed by atoms with Crippen molar-refractivity contribution < 1.29 is 0 Å². The van der Waals surface area contributed by atoms with Gasteiger partial charge in [0.2, 0.25) is 0 Å². The smallest absolute Gasteiger partial charge is 0.0715 e. The minimum Gasteiger partial charge on any atom is -0.296 e. The van der Waals surface area contributed by atoms with Crippen molar-refractivity contribution in [3.8, 4) is 0 Å². The van der Waals surface area contributed by atoms with E-state index in [1.807, 2.05) is 11.0 Å². The molecule has 0 aliphatic carbocycles. The van der Waals surface area contributed by atoms with Crippen LogP contribution in [0.25, 0.3) is 0 Å². The average molecular weight is 175 g/mol. The van der Waals surface area contributed by atoms with Gasteiger partial charge in [0.05, 0.1) is 12.4 Å². The molecule has 0 unspecified atom stereocenters. The van der Waals surface area contributed by atoms with Crippen molar-refractivity contribution in [3.63, 3.8) is 0 Å². The molecular weight excluding hydrogens is 164 g/mol. The number of hydrogen-bond donors (Lipinski definition) is 0. The molecule has 4 nitrogen and oxygen atoms in total. The molecule has 1 fully saturated rings. The molecule has 5 heteroatoms. The molecule has 2 heterocycles. The summed E-state index contributed by atoms with van der Waals surface area (Å²) in [6, 6.07) is 0. The molecule has 11 heavy (non-hydrogen) atoms. The van der Waals surface area contributed by atoms with Gasteiger partial charge in [0.1, 0.15) is 0 Å². The predicted octanol–water partition coefficient (Wildman–Crippen LogP) is 0.432. The van der Waals surface area contributed by atoms with Crippen LogP contribution in [-0.2, 0) is 0 Å². The largest absolute Gasteiger partial charge is 0.296 e. The van der Waals surface area contributed by atoms with Gasteiger partial charge >= 0.3 is 0 Å². The summed E-state index contributed by atoms with van der Waals surface area (Å²) < 4.78 is 0. The number of hydrogen-bond acceptors (Lipinski definition) is 3. The van der Waals surface area contributed by atoms with Crippen LogP contribution in [0, 0.1) is 0 Å². The van der Waals surface area contributed by atoms with E-state index < -0.39 is 0 Å². The molecule has 1 aromatic rings. The summed E-state index contributed by atoms with van der Waals surface area (Å²) >= 11 is 0. The van der Waals surface area contributed by atoms with Crippen LogP contribution >= 0.6 is 12.4 Å². The highest BCUT2D eigenvalue weighted by Crippen LogP contribution is 2.04. The predicted molar refractivity (Wildman–Crippen MR) is 44.5 cm³/mol. The van der Waals surface area contributed by atoms with Gasteiger partial charge in [-0.05, 0) is 18.1 Å². The molecule has 1 aromatic heterocycles. The third kappa shape index (κ3) is 1.63. The molecule has 0 amide bonds. The minimum absolute atomic E-state index is 0. The Morgan fingerprint density at radius 3 is 2.45 bits per heavy atom. The Bertz CT molecular complexity index is 192. The van der Waals surface area contributed by atoms with Crippen molar-refractivity contribution in [1.82, 2.24) is 15.1 Å². The molecule has 0 radical (unpaired) electrons. The molecule has 2 rings (SSSR count). The van der Waals surface area contributed by atoms with Gasteiger partial charge in [-0.2, -0.15) is 4.79 Å². The first-order valence-electron chi connectivity index (χ1n) is 3.58. The van der Waals surface area contributed by atoms with E-state index in [2.05, 4.69) is 15.3 Å². The first-order chi connectivity index (χ1) is 4.97. The zero-order chi connectivity index (χ0) is 6.81. The van der Waals surface area contributed by atoms with Crippen molar-refractivity contribution >= 4 is 12.4 Å². The standard InChI is InChI=1S/C6H10N4.ClH/c1-2-5-9(4-1)10-6-3-7-8-10;/h3,6H,1-2,4-5H2;1H. The SMILES string of the molecule is Cl.c1cn(N2CCCC2)nn1. The van der Waals surface area contributed by atoms with E-state index in [9.17, 15) is 0 Å². The summed E-state index contributed by atoms with van der Waals surface area (Å²) in [5, 5.41) is 9.82.